The first-order valence-electron chi connectivity index (χ1n) is 6.12. The number of benzene rings is 2. The van der Waals surface area contributed by atoms with Gasteiger partial charge in [0.05, 0.1) is 5.56 Å². The highest BCUT2D eigenvalue weighted by molar-refractivity contribution is 14.1. The lowest BCUT2D eigenvalue weighted by Crippen LogP contribution is -2.05. The normalized spacial score (nSPS) is 12.8. The Morgan fingerprint density at radius 1 is 0.870 bits per heavy atom. The molecule has 0 spiro atoms. The van der Waals surface area contributed by atoms with E-state index in [0.29, 0.717) is 11.6 Å². The van der Waals surface area contributed by atoms with Crippen molar-refractivity contribution in [3.8, 4) is 0 Å². The SMILES string of the molecule is [O-][S+](/C=C/c1c(F)c(F)c(F)c(F)c1F)Cc1ccc(I)cc1. The van der Waals surface area contributed by atoms with Gasteiger partial charge in [-0.15, -0.1) is 0 Å². The molecule has 0 radical (unpaired) electrons. The second-order valence-corrected chi connectivity index (χ2v) is 7.01. The molecule has 122 valence electrons. The Bertz CT molecular complexity index is 720. The van der Waals surface area contributed by atoms with E-state index in [1.807, 2.05) is 0 Å². The Kier molecular flexibility index (Phi) is 6.04. The van der Waals surface area contributed by atoms with Gasteiger partial charge >= 0.3 is 0 Å². The molecule has 2 rings (SSSR count). The first kappa shape index (κ1) is 18.2. The molecule has 0 fully saturated rings. The van der Waals surface area contributed by atoms with Crippen LogP contribution < -0.4 is 0 Å². The minimum Gasteiger partial charge on any atom is -0.612 e. The van der Waals surface area contributed by atoms with Crippen molar-refractivity contribution in [1.82, 2.24) is 0 Å². The molecule has 0 aliphatic rings. The smallest absolute Gasteiger partial charge is 0.200 e. The van der Waals surface area contributed by atoms with Gasteiger partial charge in [0, 0.05) is 9.13 Å². The number of hydrogen-bond acceptors (Lipinski definition) is 1. The second-order valence-electron chi connectivity index (χ2n) is 4.44. The summed E-state index contributed by atoms with van der Waals surface area (Å²) in [6.07, 6.45) is 0.638. The van der Waals surface area contributed by atoms with Gasteiger partial charge in [-0.2, -0.15) is 0 Å². The lowest BCUT2D eigenvalue weighted by molar-refractivity contribution is 0.377. The van der Waals surface area contributed by atoms with E-state index in [1.54, 1.807) is 24.3 Å². The monoisotopic (exact) mass is 458 g/mol. The average Bonchev–Trinajstić information content (AvgIpc) is 2.53. The zero-order valence-corrected chi connectivity index (χ0v) is 14.2. The van der Waals surface area contributed by atoms with Crippen LogP contribution in [0.1, 0.15) is 11.1 Å². The maximum absolute atomic E-state index is 13.5. The molecule has 0 bridgehead atoms. The highest BCUT2D eigenvalue weighted by Crippen LogP contribution is 2.24. The highest BCUT2D eigenvalue weighted by Gasteiger charge is 2.24. The summed E-state index contributed by atoms with van der Waals surface area (Å²) >= 11 is 0.427. The van der Waals surface area contributed by atoms with Crippen LogP contribution in [0.5, 0.6) is 0 Å². The van der Waals surface area contributed by atoms with Crippen LogP contribution in [0.15, 0.2) is 29.7 Å². The van der Waals surface area contributed by atoms with Crippen molar-refractivity contribution in [2.45, 2.75) is 5.75 Å². The van der Waals surface area contributed by atoms with E-state index in [1.165, 1.54) is 0 Å². The van der Waals surface area contributed by atoms with Crippen LogP contribution in [0.2, 0.25) is 0 Å². The number of rotatable bonds is 4. The lowest BCUT2D eigenvalue weighted by atomic mass is 10.1. The van der Waals surface area contributed by atoms with Crippen LogP contribution in [0.3, 0.4) is 0 Å². The van der Waals surface area contributed by atoms with Gasteiger partial charge in [0.15, 0.2) is 23.3 Å². The van der Waals surface area contributed by atoms with Crippen LogP contribution in [0.4, 0.5) is 22.0 Å². The van der Waals surface area contributed by atoms with E-state index in [0.717, 1.165) is 8.98 Å². The minimum atomic E-state index is -2.22. The largest absolute Gasteiger partial charge is 0.612 e. The summed E-state index contributed by atoms with van der Waals surface area (Å²) in [4.78, 5) is 0. The van der Waals surface area contributed by atoms with Crippen molar-refractivity contribution >= 4 is 39.8 Å². The predicted molar refractivity (Wildman–Crippen MR) is 86.3 cm³/mol. The predicted octanol–water partition coefficient (Wildman–Crippen LogP) is 4.91. The van der Waals surface area contributed by atoms with Crippen molar-refractivity contribution in [2.75, 3.05) is 0 Å². The molecule has 0 aliphatic heterocycles. The molecule has 0 amide bonds. The van der Waals surface area contributed by atoms with E-state index in [2.05, 4.69) is 22.6 Å². The van der Waals surface area contributed by atoms with Gasteiger partial charge in [-0.1, -0.05) is 12.1 Å². The molecule has 1 atom stereocenters. The third-order valence-electron chi connectivity index (χ3n) is 2.85. The molecule has 0 saturated carbocycles. The van der Waals surface area contributed by atoms with Crippen LogP contribution in [0.25, 0.3) is 6.08 Å². The maximum atomic E-state index is 13.5. The summed E-state index contributed by atoms with van der Waals surface area (Å²) in [6.45, 7) is 0. The van der Waals surface area contributed by atoms with E-state index in [9.17, 15) is 26.5 Å². The maximum Gasteiger partial charge on any atom is 0.200 e. The van der Waals surface area contributed by atoms with Crippen molar-refractivity contribution in [3.63, 3.8) is 0 Å². The van der Waals surface area contributed by atoms with Crippen molar-refractivity contribution in [3.05, 3.63) is 73.5 Å². The molecule has 1 unspecified atom stereocenters. The molecule has 2 aromatic carbocycles. The fourth-order valence-corrected chi connectivity index (χ4v) is 2.97. The van der Waals surface area contributed by atoms with Crippen molar-refractivity contribution < 1.29 is 26.5 Å². The van der Waals surface area contributed by atoms with E-state index in [4.69, 9.17) is 0 Å². The zero-order chi connectivity index (χ0) is 17.1. The number of halogens is 6. The average molecular weight is 458 g/mol. The molecule has 8 heteroatoms. The van der Waals surface area contributed by atoms with Crippen LogP contribution in [0, 0.1) is 32.7 Å². The van der Waals surface area contributed by atoms with Gasteiger partial charge in [-0.3, -0.25) is 0 Å². The number of hydrogen-bond donors (Lipinski definition) is 0. The fourth-order valence-electron chi connectivity index (χ4n) is 1.71. The van der Waals surface area contributed by atoms with Crippen LogP contribution >= 0.6 is 22.6 Å². The molecule has 0 aliphatic carbocycles. The Morgan fingerprint density at radius 2 is 1.35 bits per heavy atom. The van der Waals surface area contributed by atoms with Gasteiger partial charge in [0.25, 0.3) is 0 Å². The molecular weight excluding hydrogens is 450 g/mol. The van der Waals surface area contributed by atoms with E-state index < -0.39 is 45.8 Å². The molecule has 0 N–H and O–H groups in total. The van der Waals surface area contributed by atoms with Crippen molar-refractivity contribution in [2.24, 2.45) is 0 Å². The minimum absolute atomic E-state index is 0.0584. The molecule has 0 saturated heterocycles. The molecule has 23 heavy (non-hydrogen) atoms. The Morgan fingerprint density at radius 3 is 1.87 bits per heavy atom. The summed E-state index contributed by atoms with van der Waals surface area (Å²) in [6, 6.07) is 7.04. The van der Waals surface area contributed by atoms with Crippen LogP contribution in [-0.2, 0) is 16.9 Å². The first-order chi connectivity index (χ1) is 10.8. The van der Waals surface area contributed by atoms with Crippen molar-refractivity contribution in [1.29, 1.82) is 0 Å². The van der Waals surface area contributed by atoms with Gasteiger partial charge < -0.3 is 4.55 Å². The second kappa shape index (κ2) is 7.63. The van der Waals surface area contributed by atoms with Gasteiger partial charge in [-0.25, -0.2) is 22.0 Å². The molecule has 0 aromatic heterocycles. The lowest BCUT2D eigenvalue weighted by Gasteiger charge is -2.07. The summed E-state index contributed by atoms with van der Waals surface area (Å²) in [5.74, 6) is -10.1. The summed E-state index contributed by atoms with van der Waals surface area (Å²) < 4.78 is 78.7. The highest BCUT2D eigenvalue weighted by atomic mass is 127. The van der Waals surface area contributed by atoms with Gasteiger partial charge in [-0.05, 0) is 52.0 Å². The van der Waals surface area contributed by atoms with E-state index in [-0.39, 0.29) is 5.75 Å². The molecular formula is C15H8F5IOS. The quantitative estimate of drug-likeness (QED) is 0.210. The molecule has 2 aromatic rings. The van der Waals surface area contributed by atoms with Gasteiger partial charge in [0.1, 0.15) is 11.2 Å². The van der Waals surface area contributed by atoms with E-state index >= 15 is 0 Å². The third-order valence-corrected chi connectivity index (χ3v) is 4.63. The third kappa shape index (κ3) is 4.24. The molecule has 0 heterocycles. The summed E-state index contributed by atoms with van der Waals surface area (Å²) in [5.41, 5.74) is -0.400. The zero-order valence-electron chi connectivity index (χ0n) is 11.3. The Labute approximate surface area is 145 Å². The summed E-state index contributed by atoms with van der Waals surface area (Å²) in [5, 5.41) is 0.899. The molecule has 1 nitrogen and oxygen atoms in total. The van der Waals surface area contributed by atoms with Gasteiger partial charge in [0.2, 0.25) is 5.82 Å². The first-order valence-corrected chi connectivity index (χ1v) is 8.58. The fraction of sp³-hybridized carbons (Fsp3) is 0.0667. The standard InChI is InChI=1S/C15H8F5IOS/c16-11-10(12(17)14(19)15(20)13(11)18)5-6-23(22)7-8-1-3-9(21)4-2-8/h1-6H,7H2/b6-5+. The topological polar surface area (TPSA) is 23.1 Å². The Balaban J connectivity index is 2.21. The summed E-state index contributed by atoms with van der Waals surface area (Å²) in [7, 11) is 0. The van der Waals surface area contributed by atoms with Crippen LogP contribution in [-0.4, -0.2) is 4.55 Å². The Hall–Kier alpha value is -1.13.